The van der Waals surface area contributed by atoms with E-state index in [-0.39, 0.29) is 11.9 Å². The molecule has 0 spiro atoms. The second-order valence-electron chi connectivity index (χ2n) is 3.89. The highest BCUT2D eigenvalue weighted by atomic mass is 16.5. The Morgan fingerprint density at radius 3 is 2.81 bits per heavy atom. The van der Waals surface area contributed by atoms with Gasteiger partial charge in [0.2, 0.25) is 0 Å². The summed E-state index contributed by atoms with van der Waals surface area (Å²) in [5, 5.41) is 9.15. The molecule has 0 bridgehead atoms. The molecule has 0 saturated carbocycles. The molecule has 1 aromatic carbocycles. The van der Waals surface area contributed by atoms with E-state index in [2.05, 4.69) is 4.99 Å². The van der Waals surface area contributed by atoms with E-state index in [1.165, 1.54) is 0 Å². The lowest BCUT2D eigenvalue weighted by Crippen LogP contribution is -2.18. The normalized spacial score (nSPS) is 19.3. The van der Waals surface area contributed by atoms with Crippen LogP contribution in [0.4, 0.5) is 0 Å². The molecule has 0 fully saturated rings. The summed E-state index contributed by atoms with van der Waals surface area (Å²) >= 11 is 0. The molecular weight excluding hydrogens is 204 g/mol. The maximum Gasteiger partial charge on any atom is 0.188 e. The molecule has 4 nitrogen and oxygen atoms in total. The van der Waals surface area contributed by atoms with E-state index in [0.29, 0.717) is 19.5 Å². The van der Waals surface area contributed by atoms with E-state index >= 15 is 0 Å². The van der Waals surface area contributed by atoms with Crippen LogP contribution in [0.25, 0.3) is 0 Å². The number of hydrogen-bond donors (Lipinski definition) is 2. The predicted octanol–water partition coefficient (Wildman–Crippen LogP) is 1.08. The maximum absolute atomic E-state index is 9.15. The average molecular weight is 220 g/mol. The first-order valence-corrected chi connectivity index (χ1v) is 5.46. The quantitative estimate of drug-likeness (QED) is 0.797. The molecule has 86 valence electrons. The van der Waals surface area contributed by atoms with Crippen molar-refractivity contribution in [3.8, 4) is 5.75 Å². The summed E-state index contributed by atoms with van der Waals surface area (Å²) in [6, 6.07) is 7.08. The molecule has 1 aromatic rings. The number of hydrogen-bond acceptors (Lipinski definition) is 4. The topological polar surface area (TPSA) is 67.8 Å². The van der Waals surface area contributed by atoms with Gasteiger partial charge in [-0.2, -0.15) is 0 Å². The van der Waals surface area contributed by atoms with Crippen LogP contribution in [0.15, 0.2) is 29.3 Å². The number of benzene rings is 1. The summed E-state index contributed by atoms with van der Waals surface area (Å²) in [5.74, 6) is 1.04. The van der Waals surface area contributed by atoms with E-state index < -0.39 is 0 Å². The van der Waals surface area contributed by atoms with Gasteiger partial charge in [0.1, 0.15) is 11.9 Å². The summed E-state index contributed by atoms with van der Waals surface area (Å²) in [6.45, 7) is 1.34. The fourth-order valence-electron chi connectivity index (χ4n) is 1.69. The first-order valence-electron chi connectivity index (χ1n) is 5.46. The fraction of sp³-hybridized carbons (Fsp3) is 0.417. The molecule has 1 unspecified atom stereocenters. The van der Waals surface area contributed by atoms with Gasteiger partial charge in [-0.15, -0.1) is 0 Å². The highest BCUT2D eigenvalue weighted by Gasteiger charge is 2.18. The average Bonchev–Trinajstić information content (AvgIpc) is 2.70. The molecule has 16 heavy (non-hydrogen) atoms. The first-order chi connectivity index (χ1) is 7.78. The van der Waals surface area contributed by atoms with E-state index in [4.69, 9.17) is 15.6 Å². The van der Waals surface area contributed by atoms with Gasteiger partial charge in [0.05, 0.1) is 6.54 Å². The number of phenolic OH excluding ortho intramolecular Hbond substituents is 1. The van der Waals surface area contributed by atoms with Crippen LogP contribution in [0.2, 0.25) is 0 Å². The van der Waals surface area contributed by atoms with Crippen LogP contribution in [-0.2, 0) is 11.2 Å². The van der Waals surface area contributed by atoms with Crippen LogP contribution >= 0.6 is 0 Å². The number of ether oxygens (including phenoxy) is 1. The molecule has 0 amide bonds. The fourth-order valence-corrected chi connectivity index (χ4v) is 1.69. The Morgan fingerprint density at radius 2 is 2.12 bits per heavy atom. The Balaban J connectivity index is 1.89. The zero-order chi connectivity index (χ0) is 11.4. The molecule has 0 radical (unpaired) electrons. The molecule has 1 heterocycles. The van der Waals surface area contributed by atoms with Crippen molar-refractivity contribution < 1.29 is 9.84 Å². The van der Waals surface area contributed by atoms with Crippen LogP contribution in [0.3, 0.4) is 0 Å². The lowest BCUT2D eigenvalue weighted by atomic mass is 10.1. The van der Waals surface area contributed by atoms with Gasteiger partial charge in [-0.3, -0.25) is 4.99 Å². The van der Waals surface area contributed by atoms with Gasteiger partial charge in [0.25, 0.3) is 0 Å². The molecule has 1 atom stereocenters. The SMILES string of the molecule is NCCC1CN=C(Cc2ccc(O)cc2)O1. The molecule has 1 aliphatic rings. The van der Waals surface area contributed by atoms with Gasteiger partial charge in [0.15, 0.2) is 5.90 Å². The second-order valence-corrected chi connectivity index (χ2v) is 3.89. The molecule has 1 aliphatic heterocycles. The Morgan fingerprint density at radius 1 is 1.38 bits per heavy atom. The summed E-state index contributed by atoms with van der Waals surface area (Å²) < 4.78 is 5.64. The van der Waals surface area contributed by atoms with Crippen molar-refractivity contribution in [1.29, 1.82) is 0 Å². The molecule has 4 heteroatoms. The minimum absolute atomic E-state index is 0.150. The summed E-state index contributed by atoms with van der Waals surface area (Å²) in [6.07, 6.45) is 1.68. The first kappa shape index (κ1) is 11.0. The van der Waals surface area contributed by atoms with E-state index in [1.807, 2.05) is 12.1 Å². The minimum atomic E-state index is 0.150. The zero-order valence-electron chi connectivity index (χ0n) is 9.10. The monoisotopic (exact) mass is 220 g/mol. The minimum Gasteiger partial charge on any atom is -0.508 e. The van der Waals surface area contributed by atoms with E-state index in [1.54, 1.807) is 12.1 Å². The lowest BCUT2D eigenvalue weighted by Gasteiger charge is -2.09. The Bertz CT molecular complexity index is 373. The summed E-state index contributed by atoms with van der Waals surface area (Å²) in [7, 11) is 0. The van der Waals surface area contributed by atoms with Crippen molar-refractivity contribution in [2.45, 2.75) is 18.9 Å². The van der Waals surface area contributed by atoms with Gasteiger partial charge in [0, 0.05) is 6.42 Å². The van der Waals surface area contributed by atoms with E-state index in [0.717, 1.165) is 17.9 Å². The van der Waals surface area contributed by atoms with Gasteiger partial charge in [-0.05, 0) is 30.7 Å². The summed E-state index contributed by atoms with van der Waals surface area (Å²) in [4.78, 5) is 4.33. The standard InChI is InChI=1S/C12H16N2O2/c13-6-5-11-8-14-12(16-11)7-9-1-3-10(15)4-2-9/h1-4,11,15H,5-8,13H2. The molecule has 0 aromatic heterocycles. The Labute approximate surface area is 94.8 Å². The Hall–Kier alpha value is -1.55. The second kappa shape index (κ2) is 4.99. The van der Waals surface area contributed by atoms with Crippen LogP contribution < -0.4 is 5.73 Å². The predicted molar refractivity (Wildman–Crippen MR) is 62.7 cm³/mol. The van der Waals surface area contributed by atoms with Gasteiger partial charge in [-0.25, -0.2) is 0 Å². The molecule has 0 aliphatic carbocycles. The number of nitrogens with two attached hydrogens (primary N) is 1. The zero-order valence-corrected chi connectivity index (χ0v) is 9.10. The van der Waals surface area contributed by atoms with E-state index in [9.17, 15) is 0 Å². The number of aromatic hydroxyl groups is 1. The highest BCUT2D eigenvalue weighted by Crippen LogP contribution is 2.14. The van der Waals surface area contributed by atoms with Crippen molar-refractivity contribution in [1.82, 2.24) is 0 Å². The van der Waals surface area contributed by atoms with Gasteiger partial charge < -0.3 is 15.6 Å². The number of rotatable bonds is 4. The van der Waals surface area contributed by atoms with Crippen molar-refractivity contribution in [2.24, 2.45) is 10.7 Å². The van der Waals surface area contributed by atoms with Crippen molar-refractivity contribution in [3.63, 3.8) is 0 Å². The number of phenols is 1. The summed E-state index contributed by atoms with van der Waals surface area (Å²) in [5.41, 5.74) is 6.55. The van der Waals surface area contributed by atoms with Crippen LogP contribution in [0, 0.1) is 0 Å². The van der Waals surface area contributed by atoms with Crippen LogP contribution in [0.5, 0.6) is 5.75 Å². The highest BCUT2D eigenvalue weighted by molar-refractivity contribution is 5.80. The number of nitrogens with zero attached hydrogens (tertiary/aromatic N) is 1. The molecule has 0 saturated heterocycles. The smallest absolute Gasteiger partial charge is 0.188 e. The van der Waals surface area contributed by atoms with Gasteiger partial charge in [-0.1, -0.05) is 12.1 Å². The maximum atomic E-state index is 9.15. The van der Waals surface area contributed by atoms with Crippen LogP contribution in [0.1, 0.15) is 12.0 Å². The van der Waals surface area contributed by atoms with Crippen molar-refractivity contribution >= 4 is 5.90 Å². The lowest BCUT2D eigenvalue weighted by molar-refractivity contribution is 0.212. The molecule has 3 N–H and O–H groups in total. The Kier molecular flexibility index (Phi) is 3.41. The number of aliphatic imine (C=N–C) groups is 1. The molecular formula is C12H16N2O2. The largest absolute Gasteiger partial charge is 0.508 e. The van der Waals surface area contributed by atoms with Crippen molar-refractivity contribution in [2.75, 3.05) is 13.1 Å². The third-order valence-corrected chi connectivity index (χ3v) is 2.55. The van der Waals surface area contributed by atoms with Crippen molar-refractivity contribution in [3.05, 3.63) is 29.8 Å². The van der Waals surface area contributed by atoms with Crippen LogP contribution in [-0.4, -0.2) is 30.2 Å². The third-order valence-electron chi connectivity index (χ3n) is 2.55. The third kappa shape index (κ3) is 2.73. The van der Waals surface area contributed by atoms with Gasteiger partial charge >= 0.3 is 0 Å². The molecule has 2 rings (SSSR count).